The number of halogens is 2. The summed E-state index contributed by atoms with van der Waals surface area (Å²) in [6, 6.07) is 4.26. The van der Waals surface area contributed by atoms with Crippen LogP contribution >= 0.6 is 11.6 Å². The van der Waals surface area contributed by atoms with Crippen molar-refractivity contribution >= 4 is 11.6 Å². The molecule has 1 aromatic carbocycles. The highest BCUT2D eigenvalue weighted by molar-refractivity contribution is 6.19. The van der Waals surface area contributed by atoms with E-state index < -0.39 is 0 Å². The van der Waals surface area contributed by atoms with Gasteiger partial charge in [-0.2, -0.15) is 0 Å². The molecule has 0 fully saturated rings. The van der Waals surface area contributed by atoms with E-state index in [1.54, 1.807) is 6.07 Å². The molecule has 0 aromatic heterocycles. The molecule has 1 aromatic rings. The van der Waals surface area contributed by atoms with Gasteiger partial charge in [0.2, 0.25) is 0 Å². The molecule has 4 heteroatoms. The van der Waals surface area contributed by atoms with Crippen molar-refractivity contribution in [1.29, 1.82) is 0 Å². The van der Waals surface area contributed by atoms with Gasteiger partial charge in [0.05, 0.1) is 18.1 Å². The van der Waals surface area contributed by atoms with Crippen LogP contribution in [0.2, 0.25) is 0 Å². The quantitative estimate of drug-likeness (QED) is 0.432. The molecule has 0 aliphatic carbocycles. The zero-order valence-electron chi connectivity index (χ0n) is 11.9. The largest absolute Gasteiger partial charge is 0.490 e. The van der Waals surface area contributed by atoms with Crippen LogP contribution in [0.5, 0.6) is 5.75 Å². The van der Waals surface area contributed by atoms with E-state index in [0.717, 1.165) is 13.0 Å². The molecule has 110 valence electrons. The molecule has 1 rings (SSSR count). The number of hydrogen-bond acceptors (Lipinski definition) is 2. The van der Waals surface area contributed by atoms with Gasteiger partial charge in [0.25, 0.3) is 0 Å². The first kappa shape index (κ1) is 16.8. The van der Waals surface area contributed by atoms with Gasteiger partial charge >= 0.3 is 0 Å². The van der Waals surface area contributed by atoms with Crippen LogP contribution in [-0.2, 0) is 4.74 Å². The third kappa shape index (κ3) is 6.79. The average molecular weight is 299 g/mol. The van der Waals surface area contributed by atoms with Crippen LogP contribution in [0.1, 0.15) is 25.8 Å². The van der Waals surface area contributed by atoms with E-state index >= 15 is 0 Å². The molecule has 2 nitrogen and oxygen atoms in total. The first-order chi connectivity index (χ1) is 9.63. The number of ether oxygens (including phenoxy) is 2. The van der Waals surface area contributed by atoms with Crippen LogP contribution < -0.4 is 4.74 Å². The van der Waals surface area contributed by atoms with E-state index in [0.29, 0.717) is 30.4 Å². The summed E-state index contributed by atoms with van der Waals surface area (Å²) in [4.78, 5) is 0. The van der Waals surface area contributed by atoms with Gasteiger partial charge in [-0.1, -0.05) is 25.7 Å². The van der Waals surface area contributed by atoms with Crippen LogP contribution in [0.4, 0.5) is 4.39 Å². The Balaban J connectivity index is 2.43. The monoisotopic (exact) mass is 298 g/mol. The molecule has 0 saturated heterocycles. The van der Waals surface area contributed by atoms with Crippen LogP contribution in [0.3, 0.4) is 0 Å². The van der Waals surface area contributed by atoms with Crippen molar-refractivity contribution in [2.45, 2.75) is 20.3 Å². The fourth-order valence-electron chi connectivity index (χ4n) is 1.49. The summed E-state index contributed by atoms with van der Waals surface area (Å²) in [5.41, 5.74) is 0.507. The Bertz CT molecular complexity index is 463. The van der Waals surface area contributed by atoms with Gasteiger partial charge in [0.1, 0.15) is 18.2 Å². The first-order valence-corrected chi connectivity index (χ1v) is 7.22. The van der Waals surface area contributed by atoms with Crippen LogP contribution in [0.25, 0.3) is 0 Å². The second kappa shape index (κ2) is 9.63. The molecule has 0 unspecified atom stereocenters. The predicted molar refractivity (Wildman–Crippen MR) is 79.8 cm³/mol. The number of benzene rings is 1. The molecular weight excluding hydrogens is 279 g/mol. The summed E-state index contributed by atoms with van der Waals surface area (Å²) >= 11 is 5.50. The molecule has 0 saturated carbocycles. The lowest BCUT2D eigenvalue weighted by Gasteiger charge is -2.09. The molecule has 0 amide bonds. The summed E-state index contributed by atoms with van der Waals surface area (Å²) in [7, 11) is 0. The molecule has 0 radical (unpaired) electrons. The average Bonchev–Trinajstić information content (AvgIpc) is 2.41. The highest BCUT2D eigenvalue weighted by Crippen LogP contribution is 2.18. The molecule has 0 N–H and O–H groups in total. The molecule has 0 atom stereocenters. The van der Waals surface area contributed by atoms with Gasteiger partial charge < -0.3 is 9.47 Å². The molecule has 0 aliphatic rings. The lowest BCUT2D eigenvalue weighted by Crippen LogP contribution is -2.09. The maximum Gasteiger partial charge on any atom is 0.135 e. The smallest absolute Gasteiger partial charge is 0.135 e. The number of alkyl halides is 1. The standard InChI is InChI=1S/C16H20ClFO2/c1-13(2)7-9-19-10-11-20-16-6-5-15(18)12-14(16)4-3-8-17/h5-6,12-13H,7-11H2,1-2H3. The van der Waals surface area contributed by atoms with Gasteiger partial charge in [-0.3, -0.25) is 0 Å². The van der Waals surface area contributed by atoms with Gasteiger partial charge in [-0.25, -0.2) is 4.39 Å². The zero-order chi connectivity index (χ0) is 14.8. The van der Waals surface area contributed by atoms with E-state index in [9.17, 15) is 4.39 Å². The van der Waals surface area contributed by atoms with Crippen molar-refractivity contribution in [2.75, 3.05) is 25.7 Å². The second-order valence-electron chi connectivity index (χ2n) is 4.72. The van der Waals surface area contributed by atoms with Crippen LogP contribution in [0, 0.1) is 23.6 Å². The van der Waals surface area contributed by atoms with Crippen molar-refractivity contribution < 1.29 is 13.9 Å². The third-order valence-corrected chi connectivity index (χ3v) is 2.69. The molecule has 0 bridgehead atoms. The molecular formula is C16H20ClFO2. The topological polar surface area (TPSA) is 18.5 Å². The fourth-order valence-corrected chi connectivity index (χ4v) is 1.55. The highest BCUT2D eigenvalue weighted by atomic mass is 35.5. The van der Waals surface area contributed by atoms with E-state index in [2.05, 4.69) is 25.7 Å². The van der Waals surface area contributed by atoms with E-state index in [-0.39, 0.29) is 11.7 Å². The Labute approximate surface area is 125 Å². The Hall–Kier alpha value is -1.24. The second-order valence-corrected chi connectivity index (χ2v) is 4.99. The van der Waals surface area contributed by atoms with Crippen molar-refractivity contribution in [1.82, 2.24) is 0 Å². The number of hydrogen-bond donors (Lipinski definition) is 0. The van der Waals surface area contributed by atoms with Crippen LogP contribution in [-0.4, -0.2) is 25.7 Å². The normalized spacial score (nSPS) is 10.2. The Morgan fingerprint density at radius 2 is 2.05 bits per heavy atom. The summed E-state index contributed by atoms with van der Waals surface area (Å²) < 4.78 is 24.2. The number of rotatable bonds is 7. The molecule has 20 heavy (non-hydrogen) atoms. The maximum atomic E-state index is 13.2. The fraction of sp³-hybridized carbons (Fsp3) is 0.500. The van der Waals surface area contributed by atoms with E-state index in [1.165, 1.54) is 12.1 Å². The summed E-state index contributed by atoms with van der Waals surface area (Å²) in [6.45, 7) is 5.95. The van der Waals surface area contributed by atoms with Crippen molar-refractivity contribution in [2.24, 2.45) is 5.92 Å². The minimum Gasteiger partial charge on any atom is -0.490 e. The van der Waals surface area contributed by atoms with Crippen LogP contribution in [0.15, 0.2) is 18.2 Å². The van der Waals surface area contributed by atoms with Gasteiger partial charge in [0, 0.05) is 6.61 Å². The Morgan fingerprint density at radius 3 is 2.75 bits per heavy atom. The SMILES string of the molecule is CC(C)CCOCCOc1ccc(F)cc1C#CCCl. The van der Waals surface area contributed by atoms with E-state index in [4.69, 9.17) is 21.1 Å². The lowest BCUT2D eigenvalue weighted by molar-refractivity contribution is 0.0925. The third-order valence-electron chi connectivity index (χ3n) is 2.56. The molecule has 0 aliphatic heterocycles. The zero-order valence-corrected chi connectivity index (χ0v) is 12.7. The molecule has 0 spiro atoms. The maximum absolute atomic E-state index is 13.2. The summed E-state index contributed by atoms with van der Waals surface area (Å²) in [5, 5.41) is 0. The predicted octanol–water partition coefficient (Wildman–Crippen LogP) is 3.86. The van der Waals surface area contributed by atoms with Gasteiger partial charge in [-0.05, 0) is 30.5 Å². The van der Waals surface area contributed by atoms with E-state index in [1.807, 2.05) is 0 Å². The summed E-state index contributed by atoms with van der Waals surface area (Å²) in [6.07, 6.45) is 1.03. The van der Waals surface area contributed by atoms with Gasteiger partial charge in [0.15, 0.2) is 0 Å². The van der Waals surface area contributed by atoms with Gasteiger partial charge in [-0.15, -0.1) is 11.6 Å². The Kier molecular flexibility index (Phi) is 8.10. The van der Waals surface area contributed by atoms with Crippen molar-refractivity contribution in [3.05, 3.63) is 29.6 Å². The minimum absolute atomic E-state index is 0.203. The van der Waals surface area contributed by atoms with Crippen molar-refractivity contribution in [3.63, 3.8) is 0 Å². The Morgan fingerprint density at radius 1 is 1.25 bits per heavy atom. The first-order valence-electron chi connectivity index (χ1n) is 6.68. The lowest BCUT2D eigenvalue weighted by atomic mass is 10.1. The highest BCUT2D eigenvalue weighted by Gasteiger charge is 2.03. The summed E-state index contributed by atoms with van der Waals surface area (Å²) in [5.74, 6) is 6.52. The molecule has 0 heterocycles. The minimum atomic E-state index is -0.343. The van der Waals surface area contributed by atoms with Crippen molar-refractivity contribution in [3.8, 4) is 17.6 Å².